The van der Waals surface area contributed by atoms with E-state index in [1.54, 1.807) is 4.90 Å². The smallest absolute Gasteiger partial charge is 0.269 e. The topological polar surface area (TPSA) is 110 Å². The van der Waals surface area contributed by atoms with Gasteiger partial charge in [0.2, 0.25) is 15.9 Å². The lowest BCUT2D eigenvalue weighted by Gasteiger charge is -2.29. The average molecular weight is 433 g/mol. The number of carbonyl (C=O) groups is 1. The molecule has 0 unspecified atom stereocenters. The Balaban J connectivity index is 1.82. The minimum atomic E-state index is -4.02. The van der Waals surface area contributed by atoms with E-state index in [1.165, 1.54) is 12.1 Å². The molecule has 2 aromatic carbocycles. The maximum absolute atomic E-state index is 13.2. The van der Waals surface area contributed by atoms with Crippen LogP contribution in [0.25, 0.3) is 0 Å². The molecule has 160 valence electrons. The van der Waals surface area contributed by atoms with Gasteiger partial charge in [-0.25, -0.2) is 8.42 Å². The predicted molar refractivity (Wildman–Crippen MR) is 109 cm³/mol. The van der Waals surface area contributed by atoms with Crippen LogP contribution in [0.5, 0.6) is 0 Å². The number of hydrogen-bond acceptors (Lipinski definition) is 6. The Bertz CT molecular complexity index is 973. The van der Waals surface area contributed by atoms with Gasteiger partial charge in [-0.2, -0.15) is 4.31 Å². The largest absolute Gasteiger partial charge is 0.378 e. The number of nitro benzene ring substituents is 1. The van der Waals surface area contributed by atoms with Crippen molar-refractivity contribution >= 4 is 21.6 Å². The van der Waals surface area contributed by atoms with Crippen LogP contribution in [0.15, 0.2) is 59.5 Å². The SMILES string of the molecule is O=C(CN(CCc1ccccc1)S(=O)(=O)c1ccc([N+](=O)[O-])cc1)N1CCOCC1. The minimum Gasteiger partial charge on any atom is -0.378 e. The van der Waals surface area contributed by atoms with Crippen LogP contribution in [0.1, 0.15) is 5.56 Å². The van der Waals surface area contributed by atoms with Crippen molar-refractivity contribution in [3.63, 3.8) is 0 Å². The lowest BCUT2D eigenvalue weighted by atomic mass is 10.1. The monoisotopic (exact) mass is 433 g/mol. The van der Waals surface area contributed by atoms with E-state index < -0.39 is 14.9 Å². The summed E-state index contributed by atoms with van der Waals surface area (Å²) in [5.74, 6) is -0.295. The van der Waals surface area contributed by atoms with E-state index in [4.69, 9.17) is 4.74 Å². The van der Waals surface area contributed by atoms with Crippen molar-refractivity contribution in [1.82, 2.24) is 9.21 Å². The van der Waals surface area contributed by atoms with Crippen LogP contribution in [-0.4, -0.2) is 67.8 Å². The molecule has 2 aromatic rings. The van der Waals surface area contributed by atoms with Crippen LogP contribution >= 0.6 is 0 Å². The van der Waals surface area contributed by atoms with Gasteiger partial charge in [0.15, 0.2) is 0 Å². The minimum absolute atomic E-state index is 0.0871. The maximum atomic E-state index is 13.2. The Kier molecular flexibility index (Phi) is 7.14. The number of non-ortho nitro benzene ring substituents is 1. The number of nitrogens with zero attached hydrogens (tertiary/aromatic N) is 3. The van der Waals surface area contributed by atoms with Crippen molar-refractivity contribution < 1.29 is 22.9 Å². The first kappa shape index (κ1) is 21.9. The normalized spacial score (nSPS) is 14.6. The van der Waals surface area contributed by atoms with E-state index in [2.05, 4.69) is 0 Å². The van der Waals surface area contributed by atoms with Gasteiger partial charge in [0.05, 0.1) is 29.6 Å². The van der Waals surface area contributed by atoms with E-state index in [-0.39, 0.29) is 29.6 Å². The molecule has 30 heavy (non-hydrogen) atoms. The third-order valence-electron chi connectivity index (χ3n) is 4.85. The first-order chi connectivity index (χ1) is 14.4. The van der Waals surface area contributed by atoms with Crippen LogP contribution in [0.4, 0.5) is 5.69 Å². The maximum Gasteiger partial charge on any atom is 0.269 e. The number of rotatable bonds is 8. The van der Waals surface area contributed by atoms with E-state index in [9.17, 15) is 23.3 Å². The van der Waals surface area contributed by atoms with Gasteiger partial charge in [-0.1, -0.05) is 30.3 Å². The summed E-state index contributed by atoms with van der Waals surface area (Å²) in [5, 5.41) is 10.9. The molecule has 9 nitrogen and oxygen atoms in total. The number of nitro groups is 1. The molecule has 0 saturated carbocycles. The molecule has 1 fully saturated rings. The van der Waals surface area contributed by atoms with Crippen LogP contribution in [0.3, 0.4) is 0 Å². The van der Waals surface area contributed by atoms with Crippen LogP contribution < -0.4 is 0 Å². The van der Waals surface area contributed by atoms with E-state index in [0.29, 0.717) is 32.7 Å². The predicted octanol–water partition coefficient (Wildman–Crippen LogP) is 1.69. The van der Waals surface area contributed by atoms with Crippen molar-refractivity contribution in [3.8, 4) is 0 Å². The molecule has 10 heteroatoms. The van der Waals surface area contributed by atoms with Crippen molar-refractivity contribution in [1.29, 1.82) is 0 Å². The molecule has 0 aromatic heterocycles. The van der Waals surface area contributed by atoms with Gasteiger partial charge in [0.25, 0.3) is 5.69 Å². The molecule has 3 rings (SSSR count). The van der Waals surface area contributed by atoms with Crippen LogP contribution in [0, 0.1) is 10.1 Å². The first-order valence-electron chi connectivity index (χ1n) is 9.52. The Labute approximate surface area is 175 Å². The Morgan fingerprint density at radius 1 is 1.07 bits per heavy atom. The van der Waals surface area contributed by atoms with Crippen molar-refractivity contribution in [2.45, 2.75) is 11.3 Å². The second-order valence-corrected chi connectivity index (χ2v) is 8.76. The third kappa shape index (κ3) is 5.41. The van der Waals surface area contributed by atoms with Gasteiger partial charge in [-0.3, -0.25) is 14.9 Å². The molecule has 1 amide bonds. The molecule has 0 N–H and O–H groups in total. The zero-order valence-corrected chi connectivity index (χ0v) is 17.2. The first-order valence-corrected chi connectivity index (χ1v) is 11.0. The number of morpholine rings is 1. The van der Waals surface area contributed by atoms with Crippen molar-refractivity contribution in [2.75, 3.05) is 39.4 Å². The van der Waals surface area contributed by atoms with Gasteiger partial charge in [-0.05, 0) is 24.1 Å². The Morgan fingerprint density at radius 2 is 1.70 bits per heavy atom. The highest BCUT2D eigenvalue weighted by Crippen LogP contribution is 2.20. The summed E-state index contributed by atoms with van der Waals surface area (Å²) in [6.45, 7) is 1.49. The fourth-order valence-corrected chi connectivity index (χ4v) is 4.53. The molecular formula is C20H23N3O6S. The Morgan fingerprint density at radius 3 is 2.30 bits per heavy atom. The number of amides is 1. The fourth-order valence-electron chi connectivity index (χ4n) is 3.14. The molecule has 0 spiro atoms. The summed E-state index contributed by atoms with van der Waals surface area (Å²) < 4.78 is 32.8. The van der Waals surface area contributed by atoms with Crippen molar-refractivity contribution in [2.24, 2.45) is 0 Å². The molecule has 0 aliphatic carbocycles. The molecular weight excluding hydrogens is 410 g/mol. The molecule has 1 saturated heterocycles. The zero-order chi connectivity index (χ0) is 21.6. The van der Waals surface area contributed by atoms with E-state index in [1.807, 2.05) is 30.3 Å². The van der Waals surface area contributed by atoms with E-state index >= 15 is 0 Å². The summed E-state index contributed by atoms with van der Waals surface area (Å²) in [5.41, 5.74) is 0.745. The lowest BCUT2D eigenvalue weighted by Crippen LogP contribution is -2.47. The Hall–Kier alpha value is -2.82. The third-order valence-corrected chi connectivity index (χ3v) is 6.71. The molecule has 1 aliphatic heterocycles. The second-order valence-electron chi connectivity index (χ2n) is 6.82. The van der Waals surface area contributed by atoms with Gasteiger partial charge >= 0.3 is 0 Å². The standard InChI is InChI=1S/C20H23N3O6S/c24-20(21-12-14-29-15-13-21)16-22(11-10-17-4-2-1-3-5-17)30(27,28)19-8-6-18(7-9-19)23(25)26/h1-9H,10-16H2. The molecule has 1 heterocycles. The highest BCUT2D eigenvalue weighted by Gasteiger charge is 2.29. The second kappa shape index (κ2) is 9.79. The van der Waals surface area contributed by atoms with Crippen LogP contribution in [-0.2, 0) is 26.0 Å². The van der Waals surface area contributed by atoms with Gasteiger partial charge in [0, 0.05) is 31.8 Å². The fraction of sp³-hybridized carbons (Fsp3) is 0.350. The zero-order valence-electron chi connectivity index (χ0n) is 16.3. The highest BCUT2D eigenvalue weighted by molar-refractivity contribution is 7.89. The van der Waals surface area contributed by atoms with Gasteiger partial charge in [-0.15, -0.1) is 0 Å². The molecule has 0 radical (unpaired) electrons. The summed E-state index contributed by atoms with van der Waals surface area (Å²) in [6.07, 6.45) is 0.434. The number of carbonyl (C=O) groups excluding carboxylic acids is 1. The highest BCUT2D eigenvalue weighted by atomic mass is 32.2. The average Bonchev–Trinajstić information content (AvgIpc) is 2.77. The lowest BCUT2D eigenvalue weighted by molar-refractivity contribution is -0.384. The number of ether oxygens (including phenoxy) is 1. The number of benzene rings is 2. The van der Waals surface area contributed by atoms with E-state index in [0.717, 1.165) is 22.0 Å². The van der Waals surface area contributed by atoms with Crippen LogP contribution in [0.2, 0.25) is 0 Å². The van der Waals surface area contributed by atoms with Gasteiger partial charge in [0.1, 0.15) is 0 Å². The molecule has 0 atom stereocenters. The van der Waals surface area contributed by atoms with Gasteiger partial charge < -0.3 is 9.64 Å². The quantitative estimate of drug-likeness (QED) is 0.463. The molecule has 1 aliphatic rings. The molecule has 0 bridgehead atoms. The summed E-state index contributed by atoms with van der Waals surface area (Å²) >= 11 is 0. The number of sulfonamides is 1. The summed E-state index contributed by atoms with van der Waals surface area (Å²) in [6, 6.07) is 14.1. The number of hydrogen-bond donors (Lipinski definition) is 0. The summed E-state index contributed by atoms with van der Waals surface area (Å²) in [7, 11) is -4.02. The van der Waals surface area contributed by atoms with Crippen molar-refractivity contribution in [3.05, 3.63) is 70.3 Å². The summed E-state index contributed by atoms with van der Waals surface area (Å²) in [4.78, 5) is 24.5.